The van der Waals surface area contributed by atoms with Crippen molar-refractivity contribution in [2.24, 2.45) is 5.92 Å². The van der Waals surface area contributed by atoms with E-state index in [-0.39, 0.29) is 17.9 Å². The minimum atomic E-state index is -4.78. The molecule has 0 saturated heterocycles. The molecular weight excluding hydrogens is 472 g/mol. The average molecular weight is 505 g/mol. The zero-order valence-electron chi connectivity index (χ0n) is 20.5. The van der Waals surface area contributed by atoms with Gasteiger partial charge >= 0.3 is 6.18 Å². The third kappa shape index (κ3) is 6.26. The van der Waals surface area contributed by atoms with Crippen LogP contribution in [0.4, 0.5) is 23.2 Å². The molecule has 1 aliphatic carbocycles. The molecule has 4 nitrogen and oxygen atoms in total. The van der Waals surface area contributed by atoms with E-state index in [1.807, 2.05) is 24.0 Å². The number of anilines is 1. The van der Waals surface area contributed by atoms with Crippen molar-refractivity contribution < 1.29 is 27.2 Å². The fraction of sp³-hybridized carbons (Fsp3) is 0.500. The van der Waals surface area contributed by atoms with Crippen LogP contribution in [0.15, 0.2) is 30.3 Å². The molecule has 2 aromatic carbocycles. The highest BCUT2D eigenvalue weighted by Crippen LogP contribution is 2.33. The van der Waals surface area contributed by atoms with Crippen LogP contribution in [-0.2, 0) is 35.2 Å². The summed E-state index contributed by atoms with van der Waals surface area (Å²) < 4.78 is 52.3. The molecular formula is C28H32F4N2O2. The number of hydrogen-bond donors (Lipinski definition) is 1. The predicted molar refractivity (Wildman–Crippen MR) is 130 cm³/mol. The van der Waals surface area contributed by atoms with Crippen molar-refractivity contribution in [1.82, 2.24) is 4.90 Å². The Morgan fingerprint density at radius 3 is 2.53 bits per heavy atom. The fourth-order valence-corrected chi connectivity index (χ4v) is 5.39. The third-order valence-corrected chi connectivity index (χ3v) is 7.42. The van der Waals surface area contributed by atoms with Gasteiger partial charge in [-0.2, -0.15) is 13.2 Å². The Hall–Kier alpha value is -2.90. The summed E-state index contributed by atoms with van der Waals surface area (Å²) in [6.07, 6.45) is 3.36. The van der Waals surface area contributed by atoms with E-state index in [1.165, 1.54) is 32.1 Å². The number of alkyl halides is 3. The first-order chi connectivity index (χ1) is 17.1. The lowest BCUT2D eigenvalue weighted by Crippen LogP contribution is -2.36. The van der Waals surface area contributed by atoms with Gasteiger partial charge in [0.25, 0.3) is 0 Å². The zero-order valence-corrected chi connectivity index (χ0v) is 20.5. The minimum absolute atomic E-state index is 0.162. The van der Waals surface area contributed by atoms with Gasteiger partial charge in [0.1, 0.15) is 5.82 Å². The molecule has 4 rings (SSSR count). The number of nitrogens with one attached hydrogen (secondary N) is 1. The third-order valence-electron chi connectivity index (χ3n) is 7.42. The fourth-order valence-electron chi connectivity index (χ4n) is 5.39. The molecule has 1 saturated carbocycles. The van der Waals surface area contributed by atoms with Gasteiger partial charge in [-0.15, -0.1) is 0 Å². The van der Waals surface area contributed by atoms with E-state index in [0.29, 0.717) is 43.6 Å². The molecule has 1 N–H and O–H groups in total. The molecule has 0 unspecified atom stereocenters. The van der Waals surface area contributed by atoms with Crippen molar-refractivity contribution in [3.05, 3.63) is 64.0 Å². The van der Waals surface area contributed by atoms with Crippen LogP contribution in [0.5, 0.6) is 0 Å². The quantitative estimate of drug-likeness (QED) is 0.452. The summed E-state index contributed by atoms with van der Waals surface area (Å²) in [6.45, 7) is 2.94. The van der Waals surface area contributed by atoms with Crippen molar-refractivity contribution in [2.75, 3.05) is 11.9 Å². The maximum absolute atomic E-state index is 13.9. The molecule has 1 heterocycles. The second-order valence-corrected chi connectivity index (χ2v) is 10.0. The molecule has 8 heteroatoms. The van der Waals surface area contributed by atoms with Crippen molar-refractivity contribution in [3.63, 3.8) is 0 Å². The van der Waals surface area contributed by atoms with E-state index in [0.717, 1.165) is 35.2 Å². The van der Waals surface area contributed by atoms with Gasteiger partial charge < -0.3 is 10.2 Å². The first kappa shape index (κ1) is 26.2. The van der Waals surface area contributed by atoms with Gasteiger partial charge in [0.05, 0.1) is 12.0 Å². The second kappa shape index (κ2) is 11.0. The summed E-state index contributed by atoms with van der Waals surface area (Å²) in [6, 6.07) is 6.41. The van der Waals surface area contributed by atoms with E-state index in [9.17, 15) is 27.2 Å². The summed E-state index contributed by atoms with van der Waals surface area (Å²) in [4.78, 5) is 27.4. The van der Waals surface area contributed by atoms with Crippen molar-refractivity contribution in [2.45, 2.75) is 77.4 Å². The lowest BCUT2D eigenvalue weighted by atomic mass is 9.86. The average Bonchev–Trinajstić information content (AvgIpc) is 2.84. The van der Waals surface area contributed by atoms with Crippen LogP contribution in [0.2, 0.25) is 0 Å². The smallest absolute Gasteiger partial charge is 0.338 e. The number of fused-ring (bicyclic) bond motifs is 1. The van der Waals surface area contributed by atoms with Crippen LogP contribution in [0.1, 0.15) is 72.8 Å². The van der Waals surface area contributed by atoms with Crippen molar-refractivity contribution in [1.29, 1.82) is 0 Å². The zero-order chi connectivity index (χ0) is 25.9. The van der Waals surface area contributed by atoms with E-state index in [4.69, 9.17) is 0 Å². The predicted octanol–water partition coefficient (Wildman–Crippen LogP) is 6.58. The molecule has 2 aliphatic rings. The van der Waals surface area contributed by atoms with Crippen LogP contribution >= 0.6 is 0 Å². The monoisotopic (exact) mass is 504 g/mol. The topological polar surface area (TPSA) is 49.4 Å². The number of aryl methyl sites for hydroxylation is 1. The van der Waals surface area contributed by atoms with E-state index in [2.05, 4.69) is 5.32 Å². The van der Waals surface area contributed by atoms with Crippen LogP contribution in [0, 0.1) is 18.7 Å². The summed E-state index contributed by atoms with van der Waals surface area (Å²) >= 11 is 0. The normalized spacial score (nSPS) is 16.5. The van der Waals surface area contributed by atoms with Crippen molar-refractivity contribution in [3.8, 4) is 0 Å². The number of rotatable bonds is 6. The first-order valence-electron chi connectivity index (χ1n) is 12.7. The number of carbonyl (C=O) groups excluding carboxylic acids is 2. The molecule has 1 fully saturated rings. The molecule has 0 aromatic heterocycles. The van der Waals surface area contributed by atoms with Gasteiger partial charge in [0.15, 0.2) is 0 Å². The Morgan fingerprint density at radius 2 is 1.83 bits per heavy atom. The maximum Gasteiger partial charge on any atom is 0.419 e. The lowest BCUT2D eigenvalue weighted by molar-refractivity contribution is -0.140. The number of benzene rings is 2. The number of amides is 2. The highest BCUT2D eigenvalue weighted by atomic mass is 19.4. The number of hydrogen-bond acceptors (Lipinski definition) is 2. The number of halogens is 4. The van der Waals surface area contributed by atoms with Crippen LogP contribution < -0.4 is 5.32 Å². The molecule has 36 heavy (non-hydrogen) atoms. The molecule has 194 valence electrons. The van der Waals surface area contributed by atoms with Gasteiger partial charge in [-0.25, -0.2) is 4.39 Å². The summed E-state index contributed by atoms with van der Waals surface area (Å²) in [5.41, 5.74) is 2.29. The van der Waals surface area contributed by atoms with E-state index < -0.39 is 23.5 Å². The van der Waals surface area contributed by atoms with Crippen LogP contribution in [0.25, 0.3) is 0 Å². The number of nitrogens with zero attached hydrogens (tertiary/aromatic N) is 1. The summed E-state index contributed by atoms with van der Waals surface area (Å²) in [5.74, 6) is -1.00. The number of carbonyl (C=O) groups is 2. The van der Waals surface area contributed by atoms with Crippen LogP contribution in [0.3, 0.4) is 0 Å². The first-order valence-corrected chi connectivity index (χ1v) is 12.7. The minimum Gasteiger partial charge on any atom is -0.338 e. The van der Waals surface area contributed by atoms with Crippen molar-refractivity contribution >= 4 is 17.5 Å². The lowest BCUT2D eigenvalue weighted by Gasteiger charge is -2.31. The van der Waals surface area contributed by atoms with E-state index >= 15 is 0 Å². The Bertz CT molecular complexity index is 1120. The molecule has 2 amide bonds. The van der Waals surface area contributed by atoms with Crippen LogP contribution in [-0.4, -0.2) is 23.3 Å². The molecule has 0 spiro atoms. The van der Waals surface area contributed by atoms with Gasteiger partial charge in [0, 0.05) is 25.2 Å². The molecule has 1 aliphatic heterocycles. The van der Waals surface area contributed by atoms with Gasteiger partial charge in [-0.3, -0.25) is 9.59 Å². The highest BCUT2D eigenvalue weighted by molar-refractivity contribution is 5.94. The Balaban J connectivity index is 1.39. The standard InChI is InChI=1S/C28H32F4N2O2/c1-18-7-10-21-17-34(26(36)12-9-19-5-3-2-4-6-19)14-13-22(21)27(18)33-25(35)16-20-8-11-23(24(29)15-20)28(30,31)32/h7-8,10-11,15,19H,2-6,9,12-14,16-17H2,1H3,(H,33,35). The van der Waals surface area contributed by atoms with Gasteiger partial charge in [-0.05, 0) is 60.1 Å². The SMILES string of the molecule is Cc1ccc2c(c1NC(=O)Cc1ccc(C(F)(F)F)c(F)c1)CCN(C(=O)CCC1CCCCC1)C2. The summed E-state index contributed by atoms with van der Waals surface area (Å²) in [7, 11) is 0. The highest BCUT2D eigenvalue weighted by Gasteiger charge is 2.34. The maximum atomic E-state index is 13.9. The largest absolute Gasteiger partial charge is 0.419 e. The summed E-state index contributed by atoms with van der Waals surface area (Å²) in [5, 5.41) is 2.88. The Morgan fingerprint density at radius 1 is 1.08 bits per heavy atom. The molecule has 0 bridgehead atoms. The van der Waals surface area contributed by atoms with E-state index in [1.54, 1.807) is 0 Å². The van der Waals surface area contributed by atoms with Gasteiger partial charge in [-0.1, -0.05) is 50.3 Å². The second-order valence-electron chi connectivity index (χ2n) is 10.0. The van der Waals surface area contributed by atoms with Gasteiger partial charge in [0.2, 0.25) is 11.8 Å². The molecule has 0 radical (unpaired) electrons. The molecule has 2 aromatic rings. The Labute approximate surface area is 209 Å². The molecule has 0 atom stereocenters. The Kier molecular flexibility index (Phi) is 8.00.